The molecule has 0 heterocycles. The maximum atomic E-state index is 12.9. The van der Waals surface area contributed by atoms with E-state index in [2.05, 4.69) is 39.6 Å². The van der Waals surface area contributed by atoms with Gasteiger partial charge in [-0.25, -0.2) is 0 Å². The summed E-state index contributed by atoms with van der Waals surface area (Å²) >= 11 is 0. The van der Waals surface area contributed by atoms with Gasteiger partial charge in [0, 0.05) is 6.54 Å². The molecule has 3 unspecified atom stereocenters. The van der Waals surface area contributed by atoms with Crippen molar-refractivity contribution in [1.82, 2.24) is 4.90 Å². The molecule has 0 radical (unpaired) electrons. The lowest BCUT2D eigenvalue weighted by atomic mass is 9.94. The third-order valence-electron chi connectivity index (χ3n) is 10.7. The van der Waals surface area contributed by atoms with Gasteiger partial charge < -0.3 is 19.5 Å². The number of likely N-dealkylation sites (N-methyl/N-ethyl adjacent to an activating group) is 1. The summed E-state index contributed by atoms with van der Waals surface area (Å²) in [5.74, 6) is 0.182. The Morgan fingerprint density at radius 3 is 1.20 bits per heavy atom. The molecule has 6 heteroatoms. The second kappa shape index (κ2) is 38.6. The number of hydrogen-bond acceptors (Lipinski definition) is 6. The van der Waals surface area contributed by atoms with Gasteiger partial charge in [0.15, 0.2) is 0 Å². The molecule has 0 aliphatic rings. The quantitative estimate of drug-likeness (QED) is 0.0501. The Hall–Kier alpha value is -1.14. The highest BCUT2D eigenvalue weighted by molar-refractivity contribution is 5.72. The summed E-state index contributed by atoms with van der Waals surface area (Å²) in [5, 5.41) is 10.6. The van der Waals surface area contributed by atoms with Gasteiger partial charge in [0.25, 0.3) is 0 Å². The van der Waals surface area contributed by atoms with Gasteiger partial charge in [-0.15, -0.1) is 0 Å². The van der Waals surface area contributed by atoms with E-state index in [0.717, 1.165) is 103 Å². The van der Waals surface area contributed by atoms with E-state index in [1.165, 1.54) is 103 Å². The molecule has 0 saturated heterocycles. The van der Waals surface area contributed by atoms with E-state index < -0.39 is 0 Å². The number of nitrogens with zero attached hydrogens (tertiary/aromatic N) is 1. The molecule has 51 heavy (non-hydrogen) atoms. The first-order valence-corrected chi connectivity index (χ1v) is 22.6. The fourth-order valence-electron chi connectivity index (χ4n) is 7.18. The van der Waals surface area contributed by atoms with E-state index in [9.17, 15) is 14.7 Å². The number of aliphatic hydroxyl groups is 1. The number of rotatable bonds is 40. The topological polar surface area (TPSA) is 76.1 Å². The summed E-state index contributed by atoms with van der Waals surface area (Å²) in [6.45, 7) is 11.6. The predicted molar refractivity (Wildman–Crippen MR) is 218 cm³/mol. The first-order valence-electron chi connectivity index (χ1n) is 22.6. The van der Waals surface area contributed by atoms with Crippen molar-refractivity contribution in [3.8, 4) is 0 Å². The maximum absolute atomic E-state index is 12.9. The van der Waals surface area contributed by atoms with Crippen molar-refractivity contribution in [3.05, 3.63) is 0 Å². The lowest BCUT2D eigenvalue weighted by Gasteiger charge is -2.20. The van der Waals surface area contributed by atoms with Gasteiger partial charge in [0.1, 0.15) is 0 Å². The van der Waals surface area contributed by atoms with Gasteiger partial charge in [0.05, 0.1) is 31.2 Å². The molecule has 0 aliphatic carbocycles. The minimum Gasteiger partial charge on any atom is -0.465 e. The van der Waals surface area contributed by atoms with Crippen molar-refractivity contribution in [2.45, 2.75) is 233 Å². The number of unbranched alkanes of at least 4 members (excludes halogenated alkanes) is 20. The highest BCUT2D eigenvalue weighted by atomic mass is 16.5. The van der Waals surface area contributed by atoms with E-state index >= 15 is 0 Å². The molecule has 0 aromatic heterocycles. The largest absolute Gasteiger partial charge is 0.465 e. The van der Waals surface area contributed by atoms with Crippen LogP contribution < -0.4 is 0 Å². The fraction of sp³-hybridized carbons (Fsp3) is 0.956. The number of carbonyl (C=O) groups is 2. The van der Waals surface area contributed by atoms with Crippen LogP contribution in [0.4, 0.5) is 0 Å². The molecule has 3 atom stereocenters. The van der Waals surface area contributed by atoms with Crippen LogP contribution in [0.3, 0.4) is 0 Å². The second-order valence-corrected chi connectivity index (χ2v) is 15.9. The minimum atomic E-state index is -0.351. The average molecular weight is 724 g/mol. The summed E-state index contributed by atoms with van der Waals surface area (Å²) in [7, 11) is 2.09. The zero-order chi connectivity index (χ0) is 37.6. The van der Waals surface area contributed by atoms with Gasteiger partial charge >= 0.3 is 11.9 Å². The van der Waals surface area contributed by atoms with Gasteiger partial charge in [-0.05, 0) is 71.4 Å². The van der Waals surface area contributed by atoms with Crippen LogP contribution in [0.5, 0.6) is 0 Å². The molecule has 1 N–H and O–H groups in total. The molecule has 0 bridgehead atoms. The molecular formula is C45H89NO5. The van der Waals surface area contributed by atoms with Gasteiger partial charge in [-0.3, -0.25) is 9.59 Å². The number of carbonyl (C=O) groups excluding carboxylic acids is 2. The molecule has 0 aliphatic heterocycles. The Kier molecular flexibility index (Phi) is 37.7. The average Bonchev–Trinajstić information content (AvgIpc) is 3.12. The molecule has 0 rings (SSSR count). The number of hydrogen-bond donors (Lipinski definition) is 1. The Balaban J connectivity index is 4.12. The van der Waals surface area contributed by atoms with E-state index in [1.807, 2.05) is 0 Å². The Labute approximate surface area is 318 Å². The lowest BCUT2D eigenvalue weighted by Crippen LogP contribution is -2.30. The van der Waals surface area contributed by atoms with Gasteiger partial charge in [-0.2, -0.15) is 0 Å². The zero-order valence-corrected chi connectivity index (χ0v) is 35.0. The van der Waals surface area contributed by atoms with Gasteiger partial charge in [0.2, 0.25) is 0 Å². The van der Waals surface area contributed by atoms with Crippen LogP contribution in [0.1, 0.15) is 227 Å². The zero-order valence-electron chi connectivity index (χ0n) is 35.0. The van der Waals surface area contributed by atoms with Crippen molar-refractivity contribution >= 4 is 11.9 Å². The molecule has 0 amide bonds. The van der Waals surface area contributed by atoms with Crippen LogP contribution in [-0.2, 0) is 19.1 Å². The van der Waals surface area contributed by atoms with Crippen molar-refractivity contribution in [2.75, 3.05) is 33.4 Å². The number of aliphatic hydroxyl groups excluding tert-OH is 1. The third-order valence-corrected chi connectivity index (χ3v) is 10.7. The summed E-state index contributed by atoms with van der Waals surface area (Å²) in [6.07, 6.45) is 34.9. The van der Waals surface area contributed by atoms with Crippen LogP contribution in [0.25, 0.3) is 0 Å². The SMILES string of the molecule is CCCCCCCCC(CCCCCC)C(=O)OCCCCCCN(C)CC(O)CCCCOC(=O)C(CCCCCC)CCCCCCCC. The van der Waals surface area contributed by atoms with E-state index in [4.69, 9.17) is 9.47 Å². The molecular weight excluding hydrogens is 634 g/mol. The molecule has 0 fully saturated rings. The predicted octanol–water partition coefficient (Wildman–Crippen LogP) is 12.8. The van der Waals surface area contributed by atoms with Crippen molar-refractivity contribution in [1.29, 1.82) is 0 Å². The Morgan fingerprint density at radius 2 is 0.765 bits per heavy atom. The van der Waals surface area contributed by atoms with E-state index in [0.29, 0.717) is 19.8 Å². The Bertz CT molecular complexity index is 746. The lowest BCUT2D eigenvalue weighted by molar-refractivity contribution is -0.150. The van der Waals surface area contributed by atoms with Crippen LogP contribution in [0.2, 0.25) is 0 Å². The number of ether oxygens (including phenoxy) is 2. The molecule has 0 aromatic rings. The smallest absolute Gasteiger partial charge is 0.308 e. The highest BCUT2D eigenvalue weighted by Crippen LogP contribution is 2.22. The summed E-state index contributed by atoms with van der Waals surface area (Å²) in [4.78, 5) is 28.0. The van der Waals surface area contributed by atoms with Crippen molar-refractivity contribution in [2.24, 2.45) is 11.8 Å². The van der Waals surface area contributed by atoms with E-state index in [1.54, 1.807) is 0 Å². The van der Waals surface area contributed by atoms with Crippen molar-refractivity contribution in [3.63, 3.8) is 0 Å². The number of esters is 2. The summed E-state index contributed by atoms with van der Waals surface area (Å²) in [6, 6.07) is 0. The van der Waals surface area contributed by atoms with Crippen LogP contribution in [0, 0.1) is 11.8 Å². The second-order valence-electron chi connectivity index (χ2n) is 15.9. The maximum Gasteiger partial charge on any atom is 0.308 e. The van der Waals surface area contributed by atoms with Crippen molar-refractivity contribution < 1.29 is 24.2 Å². The van der Waals surface area contributed by atoms with Crippen LogP contribution in [-0.4, -0.2) is 61.4 Å². The van der Waals surface area contributed by atoms with Crippen LogP contribution in [0.15, 0.2) is 0 Å². The molecule has 0 aromatic carbocycles. The minimum absolute atomic E-state index is 0.00370. The Morgan fingerprint density at radius 1 is 0.451 bits per heavy atom. The normalized spacial score (nSPS) is 13.4. The summed E-state index contributed by atoms with van der Waals surface area (Å²) in [5.41, 5.74) is 0. The third kappa shape index (κ3) is 33.2. The van der Waals surface area contributed by atoms with E-state index in [-0.39, 0.29) is 29.9 Å². The monoisotopic (exact) mass is 724 g/mol. The fourth-order valence-corrected chi connectivity index (χ4v) is 7.18. The first-order chi connectivity index (χ1) is 24.9. The summed E-state index contributed by atoms with van der Waals surface area (Å²) < 4.78 is 11.5. The van der Waals surface area contributed by atoms with Crippen LogP contribution >= 0.6 is 0 Å². The first kappa shape index (κ1) is 49.9. The molecule has 0 saturated carbocycles. The molecule has 304 valence electrons. The molecule has 6 nitrogen and oxygen atoms in total. The standard InChI is InChI=1S/C45H89NO5/c1-6-10-14-18-20-26-34-41(32-24-16-12-8-3)44(48)50-38-30-23-22-29-37-46(5)40-43(47)36-28-31-39-51-45(49)42(33-25-17-13-9-4)35-27-21-19-15-11-7-2/h41-43,47H,6-40H2,1-5H3. The van der Waals surface area contributed by atoms with Gasteiger partial charge in [-0.1, -0.05) is 169 Å². The molecule has 0 spiro atoms. The highest BCUT2D eigenvalue weighted by Gasteiger charge is 2.20.